The van der Waals surface area contributed by atoms with Gasteiger partial charge in [0.25, 0.3) is 11.8 Å². The van der Waals surface area contributed by atoms with Gasteiger partial charge in [0, 0.05) is 35.6 Å². The Morgan fingerprint density at radius 3 is 2.38 bits per heavy atom. The highest BCUT2D eigenvalue weighted by Crippen LogP contribution is 2.24. The van der Waals surface area contributed by atoms with Crippen LogP contribution in [0.2, 0.25) is 5.02 Å². The van der Waals surface area contributed by atoms with Gasteiger partial charge in [0.15, 0.2) is 0 Å². The van der Waals surface area contributed by atoms with E-state index in [0.29, 0.717) is 39.0 Å². The van der Waals surface area contributed by atoms with Crippen molar-refractivity contribution in [2.75, 3.05) is 16.4 Å². The second-order valence-corrected chi connectivity index (χ2v) is 7.54. The van der Waals surface area contributed by atoms with Gasteiger partial charge in [-0.1, -0.05) is 41.9 Å². The van der Waals surface area contributed by atoms with Gasteiger partial charge >= 0.3 is 0 Å². The Balaban J connectivity index is 1.47. The molecule has 0 aliphatic rings. The first-order valence-corrected chi connectivity index (χ1v) is 10.2. The summed E-state index contributed by atoms with van der Waals surface area (Å²) in [6.07, 6.45) is 0. The largest absolute Gasteiger partial charge is 0.399 e. The second kappa shape index (κ2) is 8.95. The third kappa shape index (κ3) is 4.63. The van der Waals surface area contributed by atoms with Crippen LogP contribution >= 0.6 is 11.6 Å². The maximum atomic E-state index is 12.5. The van der Waals surface area contributed by atoms with E-state index in [1.807, 2.05) is 12.1 Å². The number of nitrogen functional groups attached to an aromatic ring is 1. The summed E-state index contributed by atoms with van der Waals surface area (Å²) < 4.78 is 1.59. The lowest BCUT2D eigenvalue weighted by Crippen LogP contribution is -2.14. The zero-order valence-corrected chi connectivity index (χ0v) is 17.9. The number of rotatable bonds is 5. The van der Waals surface area contributed by atoms with E-state index < -0.39 is 0 Å². The molecule has 1 heterocycles. The van der Waals surface area contributed by atoms with Crippen LogP contribution in [-0.2, 0) is 7.05 Å². The van der Waals surface area contributed by atoms with Gasteiger partial charge in [-0.2, -0.15) is 5.10 Å². The predicted octanol–water partition coefficient (Wildman–Crippen LogP) is 4.83. The molecule has 0 saturated carbocycles. The standard InChI is InChI=1S/C24H20ClN5O2/c1-30-22(28-23(31)16-5-4-6-17(26)13-16)14-21(29-30)15-9-11-18(12-10-15)27-24(32)19-7-2-3-8-20(19)25/h2-14H,26H2,1H3,(H,27,32)(H,28,31). The zero-order valence-electron chi connectivity index (χ0n) is 17.2. The summed E-state index contributed by atoms with van der Waals surface area (Å²) >= 11 is 6.08. The van der Waals surface area contributed by atoms with Gasteiger partial charge in [-0.3, -0.25) is 14.3 Å². The van der Waals surface area contributed by atoms with Crippen LogP contribution in [0.5, 0.6) is 0 Å². The number of benzene rings is 3. The first-order valence-electron chi connectivity index (χ1n) is 9.78. The number of amides is 2. The average Bonchev–Trinajstić information content (AvgIpc) is 3.14. The van der Waals surface area contributed by atoms with Gasteiger partial charge < -0.3 is 16.4 Å². The van der Waals surface area contributed by atoms with Crippen LogP contribution in [0.15, 0.2) is 78.9 Å². The lowest BCUT2D eigenvalue weighted by Gasteiger charge is -2.07. The first-order chi connectivity index (χ1) is 15.4. The summed E-state index contributed by atoms with van der Waals surface area (Å²) in [5.74, 6) is -0.0132. The second-order valence-electron chi connectivity index (χ2n) is 7.13. The summed E-state index contributed by atoms with van der Waals surface area (Å²) in [5, 5.41) is 10.5. The van der Waals surface area contributed by atoms with Gasteiger partial charge in [0.05, 0.1) is 16.3 Å². The SMILES string of the molecule is Cn1nc(-c2ccc(NC(=O)c3ccccc3Cl)cc2)cc1NC(=O)c1cccc(N)c1. The van der Waals surface area contributed by atoms with Crippen molar-refractivity contribution in [3.63, 3.8) is 0 Å². The van der Waals surface area contributed by atoms with Gasteiger partial charge in [-0.25, -0.2) is 0 Å². The molecule has 4 aromatic rings. The van der Waals surface area contributed by atoms with Crippen LogP contribution < -0.4 is 16.4 Å². The van der Waals surface area contributed by atoms with E-state index in [2.05, 4.69) is 15.7 Å². The molecule has 3 aromatic carbocycles. The molecule has 0 atom stereocenters. The molecule has 0 bridgehead atoms. The maximum Gasteiger partial charge on any atom is 0.257 e. The quantitative estimate of drug-likeness (QED) is 0.383. The number of anilines is 3. The highest BCUT2D eigenvalue weighted by Gasteiger charge is 2.13. The van der Waals surface area contributed by atoms with Crippen LogP contribution in [0.1, 0.15) is 20.7 Å². The molecule has 0 aliphatic carbocycles. The van der Waals surface area contributed by atoms with Crippen LogP contribution in [0, 0.1) is 0 Å². The normalized spacial score (nSPS) is 10.6. The molecule has 0 fully saturated rings. The number of hydrogen-bond donors (Lipinski definition) is 3. The fourth-order valence-electron chi connectivity index (χ4n) is 3.16. The Hall–Kier alpha value is -4.10. The smallest absolute Gasteiger partial charge is 0.257 e. The molecule has 7 nitrogen and oxygen atoms in total. The highest BCUT2D eigenvalue weighted by atomic mass is 35.5. The molecule has 0 unspecified atom stereocenters. The maximum absolute atomic E-state index is 12.5. The molecule has 160 valence electrons. The predicted molar refractivity (Wildman–Crippen MR) is 127 cm³/mol. The number of hydrogen-bond acceptors (Lipinski definition) is 4. The van der Waals surface area contributed by atoms with Gasteiger partial charge in [0.1, 0.15) is 5.82 Å². The van der Waals surface area contributed by atoms with Crippen molar-refractivity contribution in [1.29, 1.82) is 0 Å². The van der Waals surface area contributed by atoms with Crippen molar-refractivity contribution < 1.29 is 9.59 Å². The highest BCUT2D eigenvalue weighted by molar-refractivity contribution is 6.34. The van der Waals surface area contributed by atoms with Crippen molar-refractivity contribution in [2.45, 2.75) is 0 Å². The molecule has 8 heteroatoms. The van der Waals surface area contributed by atoms with E-state index in [-0.39, 0.29) is 11.8 Å². The van der Waals surface area contributed by atoms with E-state index in [1.165, 1.54) is 0 Å². The fraction of sp³-hybridized carbons (Fsp3) is 0.0417. The number of nitrogens with zero attached hydrogens (tertiary/aromatic N) is 2. The van der Waals surface area contributed by atoms with Crippen molar-refractivity contribution >= 4 is 40.6 Å². The van der Waals surface area contributed by atoms with E-state index in [0.717, 1.165) is 5.56 Å². The Kier molecular flexibility index (Phi) is 5.91. The molecule has 0 spiro atoms. The van der Waals surface area contributed by atoms with E-state index >= 15 is 0 Å². The van der Waals surface area contributed by atoms with E-state index in [4.69, 9.17) is 17.3 Å². The number of nitrogens with one attached hydrogen (secondary N) is 2. The Bertz CT molecular complexity index is 1300. The lowest BCUT2D eigenvalue weighted by molar-refractivity contribution is 0.101. The number of carbonyl (C=O) groups excluding carboxylic acids is 2. The Morgan fingerprint density at radius 2 is 1.66 bits per heavy atom. The van der Waals surface area contributed by atoms with Gasteiger partial charge in [-0.15, -0.1) is 0 Å². The summed E-state index contributed by atoms with van der Waals surface area (Å²) in [4.78, 5) is 24.9. The van der Waals surface area contributed by atoms with Crippen molar-refractivity contribution in [3.05, 3.63) is 95.0 Å². The molecule has 1 aromatic heterocycles. The zero-order chi connectivity index (χ0) is 22.7. The molecule has 4 rings (SSSR count). The van der Waals surface area contributed by atoms with Crippen molar-refractivity contribution in [1.82, 2.24) is 9.78 Å². The van der Waals surface area contributed by atoms with Gasteiger partial charge in [-0.05, 0) is 42.5 Å². The topological polar surface area (TPSA) is 102 Å². The molecule has 4 N–H and O–H groups in total. The Morgan fingerprint density at radius 1 is 0.906 bits per heavy atom. The molecule has 0 aliphatic heterocycles. The summed E-state index contributed by atoms with van der Waals surface area (Å²) in [5.41, 5.74) is 9.28. The summed E-state index contributed by atoms with van der Waals surface area (Å²) in [7, 11) is 1.75. The number of carbonyl (C=O) groups is 2. The number of aryl methyl sites for hydroxylation is 1. The van der Waals surface area contributed by atoms with Crippen LogP contribution in [0.25, 0.3) is 11.3 Å². The summed E-state index contributed by atoms with van der Waals surface area (Å²) in [6, 6.07) is 22.6. The Labute approximate surface area is 189 Å². The minimum atomic E-state index is -0.285. The number of halogens is 1. The lowest BCUT2D eigenvalue weighted by atomic mass is 10.1. The molecule has 0 saturated heterocycles. The van der Waals surface area contributed by atoms with Crippen molar-refractivity contribution in [3.8, 4) is 11.3 Å². The third-order valence-electron chi connectivity index (χ3n) is 4.83. The third-order valence-corrected chi connectivity index (χ3v) is 5.16. The molecule has 32 heavy (non-hydrogen) atoms. The monoisotopic (exact) mass is 445 g/mol. The van der Waals surface area contributed by atoms with Crippen molar-refractivity contribution in [2.24, 2.45) is 7.05 Å². The molecular formula is C24H20ClN5O2. The van der Waals surface area contributed by atoms with Gasteiger partial charge in [0.2, 0.25) is 0 Å². The van der Waals surface area contributed by atoms with Crippen LogP contribution in [0.4, 0.5) is 17.2 Å². The van der Waals surface area contributed by atoms with Crippen LogP contribution in [0.3, 0.4) is 0 Å². The van der Waals surface area contributed by atoms with E-state index in [1.54, 1.807) is 78.5 Å². The molecular weight excluding hydrogens is 426 g/mol. The number of nitrogens with two attached hydrogens (primary N) is 1. The minimum Gasteiger partial charge on any atom is -0.399 e. The molecule has 0 radical (unpaired) electrons. The van der Waals surface area contributed by atoms with E-state index in [9.17, 15) is 9.59 Å². The number of aromatic nitrogens is 2. The average molecular weight is 446 g/mol. The minimum absolute atomic E-state index is 0.274. The fourth-order valence-corrected chi connectivity index (χ4v) is 3.38. The molecule has 2 amide bonds. The first kappa shape index (κ1) is 21.1. The summed E-state index contributed by atoms with van der Waals surface area (Å²) in [6.45, 7) is 0. The van der Waals surface area contributed by atoms with Crippen LogP contribution in [-0.4, -0.2) is 21.6 Å².